The van der Waals surface area contributed by atoms with Crippen molar-refractivity contribution >= 4 is 18.5 Å². The van der Waals surface area contributed by atoms with Crippen LogP contribution < -0.4 is 5.32 Å². The highest BCUT2D eigenvalue weighted by molar-refractivity contribution is 7.81. The van der Waals surface area contributed by atoms with Crippen molar-refractivity contribution < 1.29 is 4.79 Å². The van der Waals surface area contributed by atoms with Crippen LogP contribution in [0.15, 0.2) is 0 Å². The Morgan fingerprint density at radius 2 is 2.38 bits per heavy atom. The van der Waals surface area contributed by atoms with Crippen molar-refractivity contribution in [2.24, 2.45) is 0 Å². The largest absolute Gasteiger partial charge is 0.358 e. The Kier molecular flexibility index (Phi) is 3.69. The number of hydrogen-bond donors (Lipinski definition) is 2. The molecule has 0 aliphatic carbocycles. The maximum Gasteiger partial charge on any atom is 0.232 e. The summed E-state index contributed by atoms with van der Waals surface area (Å²) < 4.78 is 0. The number of nitrogens with one attached hydrogen (secondary N) is 1. The Morgan fingerprint density at radius 3 is 2.50 bits per heavy atom. The third kappa shape index (κ3) is 2.21. The van der Waals surface area contributed by atoms with E-state index in [9.17, 15) is 4.79 Å². The molecule has 1 atom stereocenters. The van der Waals surface area contributed by atoms with Crippen LogP contribution in [0, 0.1) is 0 Å². The van der Waals surface area contributed by atoms with Gasteiger partial charge in [-0.3, -0.25) is 4.79 Å². The Morgan fingerprint density at radius 1 is 1.88 bits per heavy atom. The summed E-state index contributed by atoms with van der Waals surface area (Å²) >= 11 is 3.99. The van der Waals surface area contributed by atoms with Crippen LogP contribution in [0.3, 0.4) is 0 Å². The lowest BCUT2D eigenvalue weighted by Crippen LogP contribution is -2.27. The second-order valence-electron chi connectivity index (χ2n) is 1.54. The molecule has 0 aromatic carbocycles. The number of rotatable bonds is 2. The average molecular weight is 133 g/mol. The predicted molar refractivity (Wildman–Crippen MR) is 37.1 cm³/mol. The van der Waals surface area contributed by atoms with E-state index >= 15 is 0 Å². The molecule has 0 saturated heterocycles. The Labute approximate surface area is 55.1 Å². The minimum Gasteiger partial charge on any atom is -0.358 e. The Bertz CT molecular complexity index is 84.5. The van der Waals surface area contributed by atoms with Gasteiger partial charge in [0.05, 0.1) is 5.25 Å². The molecular weight excluding hydrogens is 122 g/mol. The van der Waals surface area contributed by atoms with E-state index in [0.29, 0.717) is 0 Å². The zero-order valence-electron chi connectivity index (χ0n) is 5.14. The van der Waals surface area contributed by atoms with Crippen LogP contribution in [0.2, 0.25) is 0 Å². The SMILES string of the molecule is CCC(S)C(=O)NC. The number of carbonyl (C=O) groups is 1. The first-order valence-electron chi connectivity index (χ1n) is 2.62. The van der Waals surface area contributed by atoms with Gasteiger partial charge in [0.15, 0.2) is 0 Å². The van der Waals surface area contributed by atoms with Gasteiger partial charge in [-0.2, -0.15) is 12.6 Å². The number of hydrogen-bond acceptors (Lipinski definition) is 2. The molecule has 48 valence electrons. The fourth-order valence-corrected chi connectivity index (χ4v) is 0.481. The van der Waals surface area contributed by atoms with Crippen molar-refractivity contribution in [3.63, 3.8) is 0 Å². The van der Waals surface area contributed by atoms with Crippen LogP contribution in [0.5, 0.6) is 0 Å². The van der Waals surface area contributed by atoms with E-state index in [-0.39, 0.29) is 11.2 Å². The Hall–Kier alpha value is -0.180. The molecule has 0 aromatic rings. The van der Waals surface area contributed by atoms with Crippen LogP contribution in [0.25, 0.3) is 0 Å². The van der Waals surface area contributed by atoms with E-state index in [1.165, 1.54) is 0 Å². The minimum absolute atomic E-state index is 0.00386. The van der Waals surface area contributed by atoms with Crippen molar-refractivity contribution in [3.05, 3.63) is 0 Å². The average Bonchev–Trinajstić information content (AvgIpc) is 1.84. The first kappa shape index (κ1) is 7.82. The van der Waals surface area contributed by atoms with E-state index in [2.05, 4.69) is 17.9 Å². The molecule has 0 aliphatic rings. The second-order valence-corrected chi connectivity index (χ2v) is 2.16. The Balaban J connectivity index is 3.46. The van der Waals surface area contributed by atoms with E-state index in [4.69, 9.17) is 0 Å². The van der Waals surface area contributed by atoms with E-state index in [1.807, 2.05) is 6.92 Å². The molecule has 0 saturated carbocycles. The molecule has 1 unspecified atom stereocenters. The molecule has 0 fully saturated rings. The summed E-state index contributed by atoms with van der Waals surface area (Å²) in [6.45, 7) is 1.92. The fourth-order valence-electron chi connectivity index (χ4n) is 0.352. The van der Waals surface area contributed by atoms with E-state index in [0.717, 1.165) is 6.42 Å². The zero-order chi connectivity index (χ0) is 6.57. The van der Waals surface area contributed by atoms with Crippen molar-refractivity contribution in [1.82, 2.24) is 5.32 Å². The highest BCUT2D eigenvalue weighted by Gasteiger charge is 2.06. The van der Waals surface area contributed by atoms with Crippen LogP contribution in [0.4, 0.5) is 0 Å². The standard InChI is InChI=1S/C5H11NOS/c1-3-4(8)5(7)6-2/h4,8H,3H2,1-2H3,(H,6,7). The lowest BCUT2D eigenvalue weighted by molar-refractivity contribution is -0.120. The van der Waals surface area contributed by atoms with Gasteiger partial charge in [-0.15, -0.1) is 0 Å². The number of amides is 1. The van der Waals surface area contributed by atoms with Gasteiger partial charge in [0.25, 0.3) is 0 Å². The molecule has 1 N–H and O–H groups in total. The predicted octanol–water partition coefficient (Wildman–Crippen LogP) is 0.441. The molecular formula is C5H11NOS. The highest BCUT2D eigenvalue weighted by atomic mass is 32.1. The lowest BCUT2D eigenvalue weighted by atomic mass is 10.3. The second kappa shape index (κ2) is 3.78. The summed E-state index contributed by atoms with van der Waals surface area (Å²) in [6, 6.07) is 0. The molecule has 0 aliphatic heterocycles. The lowest BCUT2D eigenvalue weighted by Gasteiger charge is -2.02. The zero-order valence-corrected chi connectivity index (χ0v) is 6.03. The maximum absolute atomic E-state index is 10.6. The number of thiol groups is 1. The van der Waals surface area contributed by atoms with Gasteiger partial charge in [0, 0.05) is 7.05 Å². The smallest absolute Gasteiger partial charge is 0.232 e. The van der Waals surface area contributed by atoms with Crippen molar-refractivity contribution in [3.8, 4) is 0 Å². The molecule has 3 heteroatoms. The fraction of sp³-hybridized carbons (Fsp3) is 0.800. The topological polar surface area (TPSA) is 29.1 Å². The molecule has 0 heterocycles. The monoisotopic (exact) mass is 133 g/mol. The van der Waals surface area contributed by atoms with Gasteiger partial charge in [-0.25, -0.2) is 0 Å². The first-order valence-corrected chi connectivity index (χ1v) is 3.13. The van der Waals surface area contributed by atoms with Gasteiger partial charge >= 0.3 is 0 Å². The van der Waals surface area contributed by atoms with E-state index in [1.54, 1.807) is 7.05 Å². The maximum atomic E-state index is 10.6. The van der Waals surface area contributed by atoms with Crippen molar-refractivity contribution in [2.45, 2.75) is 18.6 Å². The van der Waals surface area contributed by atoms with Crippen LogP contribution in [0.1, 0.15) is 13.3 Å². The van der Waals surface area contributed by atoms with Gasteiger partial charge in [-0.05, 0) is 6.42 Å². The van der Waals surface area contributed by atoms with E-state index < -0.39 is 0 Å². The summed E-state index contributed by atoms with van der Waals surface area (Å²) in [5.41, 5.74) is 0. The van der Waals surface area contributed by atoms with Gasteiger partial charge in [0.2, 0.25) is 5.91 Å². The molecule has 8 heavy (non-hydrogen) atoms. The summed E-state index contributed by atoms with van der Waals surface area (Å²) in [5, 5.41) is 2.36. The third-order valence-corrected chi connectivity index (χ3v) is 1.54. The molecule has 0 rings (SSSR count). The first-order chi connectivity index (χ1) is 3.72. The quantitative estimate of drug-likeness (QED) is 0.526. The van der Waals surface area contributed by atoms with Gasteiger partial charge in [-0.1, -0.05) is 6.92 Å². The summed E-state index contributed by atoms with van der Waals surface area (Å²) in [6.07, 6.45) is 0.781. The van der Waals surface area contributed by atoms with Crippen molar-refractivity contribution in [2.75, 3.05) is 7.05 Å². The minimum atomic E-state index is -0.139. The van der Waals surface area contributed by atoms with Crippen molar-refractivity contribution in [1.29, 1.82) is 0 Å². The molecule has 1 amide bonds. The van der Waals surface area contributed by atoms with Crippen LogP contribution >= 0.6 is 12.6 Å². The summed E-state index contributed by atoms with van der Waals surface area (Å²) in [4.78, 5) is 10.6. The van der Waals surface area contributed by atoms with Crippen LogP contribution in [-0.4, -0.2) is 18.2 Å². The molecule has 0 spiro atoms. The molecule has 0 radical (unpaired) electrons. The summed E-state index contributed by atoms with van der Waals surface area (Å²) in [5.74, 6) is -0.00386. The third-order valence-electron chi connectivity index (χ3n) is 0.936. The molecule has 0 aromatic heterocycles. The summed E-state index contributed by atoms with van der Waals surface area (Å²) in [7, 11) is 1.61. The number of carbonyl (C=O) groups excluding carboxylic acids is 1. The molecule has 2 nitrogen and oxygen atoms in total. The van der Waals surface area contributed by atoms with Gasteiger partial charge in [0.1, 0.15) is 0 Å². The normalized spacial score (nSPS) is 12.9. The van der Waals surface area contributed by atoms with Gasteiger partial charge < -0.3 is 5.32 Å². The molecule has 0 bridgehead atoms. The van der Waals surface area contributed by atoms with Crippen LogP contribution in [-0.2, 0) is 4.79 Å². The highest BCUT2D eigenvalue weighted by Crippen LogP contribution is 1.97.